The van der Waals surface area contributed by atoms with Crippen molar-refractivity contribution in [2.75, 3.05) is 6.54 Å². The summed E-state index contributed by atoms with van der Waals surface area (Å²) in [7, 11) is 0. The second-order valence-corrected chi connectivity index (χ2v) is 4.77. The van der Waals surface area contributed by atoms with Gasteiger partial charge in [0, 0.05) is 6.21 Å². The van der Waals surface area contributed by atoms with Gasteiger partial charge < -0.3 is 4.74 Å². The molecule has 2 aromatic rings. The van der Waals surface area contributed by atoms with Crippen molar-refractivity contribution < 1.29 is 9.53 Å². The number of Topliss-reactive ketones (excluding diaryl/α,β-unsaturated/α-hetero) is 1. The summed E-state index contributed by atoms with van der Waals surface area (Å²) in [5, 5.41) is 0. The van der Waals surface area contributed by atoms with Crippen molar-refractivity contribution in [2.24, 2.45) is 4.99 Å². The maximum absolute atomic E-state index is 12.3. The van der Waals surface area contributed by atoms with E-state index in [0.717, 1.165) is 11.1 Å². The summed E-state index contributed by atoms with van der Waals surface area (Å²) < 4.78 is 5.98. The van der Waals surface area contributed by atoms with Crippen molar-refractivity contribution in [1.29, 1.82) is 0 Å². The molecule has 3 nitrogen and oxygen atoms in total. The molecule has 1 aliphatic rings. The van der Waals surface area contributed by atoms with Crippen LogP contribution in [0.5, 0.6) is 0 Å². The van der Waals surface area contributed by atoms with E-state index in [9.17, 15) is 4.79 Å². The lowest BCUT2D eigenvalue weighted by atomic mass is 9.92. The third kappa shape index (κ3) is 2.28. The molecular formula is C17H15NO2. The first-order valence-corrected chi connectivity index (χ1v) is 6.59. The summed E-state index contributed by atoms with van der Waals surface area (Å²) in [5.41, 5.74) is 0.843. The number of ketones is 1. The van der Waals surface area contributed by atoms with Crippen LogP contribution in [0, 0.1) is 0 Å². The number of aliphatic imine (C=N–C) groups is 1. The summed E-state index contributed by atoms with van der Waals surface area (Å²) in [6.45, 7) is 0.567. The van der Waals surface area contributed by atoms with Gasteiger partial charge in [-0.3, -0.25) is 9.79 Å². The SMILES string of the molecule is O=C1CN=C[C@@]1(OCc1ccccc1)c1ccccc1. The fraction of sp³-hybridized carbons (Fsp3) is 0.176. The molecule has 1 atom stereocenters. The van der Waals surface area contributed by atoms with Crippen molar-refractivity contribution in [3.05, 3.63) is 71.8 Å². The minimum absolute atomic E-state index is 0.0142. The van der Waals surface area contributed by atoms with Crippen LogP contribution in [0.2, 0.25) is 0 Å². The quantitative estimate of drug-likeness (QED) is 0.852. The van der Waals surface area contributed by atoms with Crippen LogP contribution in [-0.4, -0.2) is 18.5 Å². The second kappa shape index (κ2) is 5.39. The van der Waals surface area contributed by atoms with Crippen molar-refractivity contribution in [1.82, 2.24) is 0 Å². The molecule has 0 fully saturated rings. The molecule has 0 bridgehead atoms. The Kier molecular flexibility index (Phi) is 3.44. The van der Waals surface area contributed by atoms with E-state index in [2.05, 4.69) is 4.99 Å². The number of benzene rings is 2. The molecule has 0 radical (unpaired) electrons. The predicted octanol–water partition coefficient (Wildman–Crippen LogP) is 2.75. The van der Waals surface area contributed by atoms with Crippen LogP contribution in [0.15, 0.2) is 65.7 Å². The Hall–Kier alpha value is -2.26. The fourth-order valence-electron chi connectivity index (χ4n) is 2.34. The van der Waals surface area contributed by atoms with Gasteiger partial charge in [0.2, 0.25) is 0 Å². The second-order valence-electron chi connectivity index (χ2n) is 4.77. The van der Waals surface area contributed by atoms with Crippen molar-refractivity contribution in [3.8, 4) is 0 Å². The van der Waals surface area contributed by atoms with E-state index in [1.165, 1.54) is 0 Å². The Bertz CT molecular complexity index is 622. The van der Waals surface area contributed by atoms with Crippen LogP contribution < -0.4 is 0 Å². The van der Waals surface area contributed by atoms with E-state index in [1.54, 1.807) is 6.21 Å². The maximum atomic E-state index is 12.3. The lowest BCUT2D eigenvalue weighted by Crippen LogP contribution is -2.37. The molecule has 0 aromatic heterocycles. The van der Waals surface area contributed by atoms with Gasteiger partial charge >= 0.3 is 0 Å². The lowest BCUT2D eigenvalue weighted by molar-refractivity contribution is -0.135. The summed E-state index contributed by atoms with van der Waals surface area (Å²) in [6.07, 6.45) is 1.63. The Morgan fingerprint density at radius 2 is 1.65 bits per heavy atom. The molecule has 20 heavy (non-hydrogen) atoms. The molecule has 1 heterocycles. The molecule has 0 saturated carbocycles. The maximum Gasteiger partial charge on any atom is 0.196 e. The standard InChI is InChI=1S/C17H15NO2/c19-16-11-18-13-17(16,15-9-5-2-6-10-15)20-12-14-7-3-1-4-8-14/h1-10,13H,11-12H2/t17-/m1/s1. The molecule has 100 valence electrons. The average Bonchev–Trinajstić information content (AvgIpc) is 2.89. The van der Waals surface area contributed by atoms with Gasteiger partial charge in [0.15, 0.2) is 11.4 Å². The van der Waals surface area contributed by atoms with Crippen molar-refractivity contribution >= 4 is 12.0 Å². The molecule has 0 N–H and O–H groups in total. The minimum Gasteiger partial charge on any atom is -0.352 e. The van der Waals surface area contributed by atoms with Gasteiger partial charge in [-0.1, -0.05) is 60.7 Å². The number of hydrogen-bond acceptors (Lipinski definition) is 3. The van der Waals surface area contributed by atoms with E-state index in [0.29, 0.717) is 6.61 Å². The number of hydrogen-bond donors (Lipinski definition) is 0. The topological polar surface area (TPSA) is 38.7 Å². The highest BCUT2D eigenvalue weighted by Gasteiger charge is 2.42. The molecule has 0 amide bonds. The predicted molar refractivity (Wildman–Crippen MR) is 77.7 cm³/mol. The smallest absolute Gasteiger partial charge is 0.196 e. The van der Waals surface area contributed by atoms with Crippen LogP contribution in [0.1, 0.15) is 11.1 Å². The van der Waals surface area contributed by atoms with E-state index >= 15 is 0 Å². The van der Waals surface area contributed by atoms with Crippen LogP contribution in [-0.2, 0) is 21.7 Å². The normalized spacial score (nSPS) is 21.3. The first-order valence-electron chi connectivity index (χ1n) is 6.59. The summed E-state index contributed by atoms with van der Waals surface area (Å²) >= 11 is 0. The zero-order valence-corrected chi connectivity index (χ0v) is 11.0. The van der Waals surface area contributed by atoms with Gasteiger partial charge in [-0.05, 0) is 11.1 Å². The molecule has 0 saturated heterocycles. The van der Waals surface area contributed by atoms with Crippen molar-refractivity contribution in [3.63, 3.8) is 0 Å². The van der Waals surface area contributed by atoms with E-state index in [4.69, 9.17) is 4.74 Å². The third-order valence-corrected chi connectivity index (χ3v) is 3.43. The fourth-order valence-corrected chi connectivity index (χ4v) is 2.34. The molecule has 3 heteroatoms. The monoisotopic (exact) mass is 265 g/mol. The average molecular weight is 265 g/mol. The molecule has 0 spiro atoms. The molecule has 0 unspecified atom stereocenters. The molecular weight excluding hydrogens is 250 g/mol. The van der Waals surface area contributed by atoms with Gasteiger partial charge in [-0.2, -0.15) is 0 Å². The van der Waals surface area contributed by atoms with Gasteiger partial charge in [0.25, 0.3) is 0 Å². The van der Waals surface area contributed by atoms with Crippen LogP contribution in [0.4, 0.5) is 0 Å². The largest absolute Gasteiger partial charge is 0.352 e. The molecule has 1 aliphatic heterocycles. The highest BCUT2D eigenvalue weighted by molar-refractivity contribution is 6.09. The van der Waals surface area contributed by atoms with E-state index in [-0.39, 0.29) is 12.3 Å². The van der Waals surface area contributed by atoms with Crippen LogP contribution in [0.25, 0.3) is 0 Å². The summed E-state index contributed by atoms with van der Waals surface area (Å²) in [4.78, 5) is 16.4. The van der Waals surface area contributed by atoms with Gasteiger partial charge in [0.1, 0.15) is 6.54 Å². The zero-order valence-electron chi connectivity index (χ0n) is 11.0. The van der Waals surface area contributed by atoms with Gasteiger partial charge in [0.05, 0.1) is 6.61 Å². The Morgan fingerprint density at radius 3 is 2.25 bits per heavy atom. The first kappa shape index (κ1) is 12.8. The van der Waals surface area contributed by atoms with Crippen molar-refractivity contribution in [2.45, 2.75) is 12.2 Å². The first-order chi connectivity index (χ1) is 9.81. The third-order valence-electron chi connectivity index (χ3n) is 3.43. The molecule has 3 rings (SSSR count). The minimum atomic E-state index is -1.03. The molecule has 2 aromatic carbocycles. The highest BCUT2D eigenvalue weighted by Crippen LogP contribution is 2.29. The van der Waals surface area contributed by atoms with E-state index in [1.807, 2.05) is 60.7 Å². The van der Waals surface area contributed by atoms with Gasteiger partial charge in [-0.15, -0.1) is 0 Å². The lowest BCUT2D eigenvalue weighted by Gasteiger charge is -2.25. The Balaban J connectivity index is 1.88. The van der Waals surface area contributed by atoms with Crippen LogP contribution >= 0.6 is 0 Å². The number of ether oxygens (including phenoxy) is 1. The highest BCUT2D eigenvalue weighted by atomic mass is 16.5. The zero-order chi connectivity index (χ0) is 13.8. The Labute approximate surface area is 117 Å². The number of rotatable bonds is 4. The number of nitrogens with zero attached hydrogens (tertiary/aromatic N) is 1. The molecule has 0 aliphatic carbocycles. The van der Waals surface area contributed by atoms with Crippen LogP contribution in [0.3, 0.4) is 0 Å². The van der Waals surface area contributed by atoms with E-state index < -0.39 is 5.60 Å². The summed E-state index contributed by atoms with van der Waals surface area (Å²) in [6, 6.07) is 19.4. The number of carbonyl (C=O) groups excluding carboxylic acids is 1. The number of carbonyl (C=O) groups is 1. The summed E-state index contributed by atoms with van der Waals surface area (Å²) in [5.74, 6) is -0.0142. The van der Waals surface area contributed by atoms with Gasteiger partial charge in [-0.25, -0.2) is 0 Å². The Morgan fingerprint density at radius 1 is 1.00 bits per heavy atom.